The number of nitro groups is 1. The molecule has 0 spiro atoms. The van der Waals surface area contributed by atoms with Gasteiger partial charge in [0.2, 0.25) is 0 Å². The van der Waals surface area contributed by atoms with E-state index < -0.39 is 10.8 Å². The first-order valence-electron chi connectivity index (χ1n) is 7.24. The number of benzene rings is 2. The van der Waals surface area contributed by atoms with Crippen LogP contribution in [0.4, 0.5) is 5.69 Å². The number of amides is 1. The summed E-state index contributed by atoms with van der Waals surface area (Å²) in [6.45, 7) is 0.249. The Morgan fingerprint density at radius 3 is 2.67 bits per heavy atom. The molecular weight excluding hydrogens is 308 g/mol. The standard InChI is InChI=1S/C17H14N4O3/c22-17(14-6-2-4-8-16(14)21(23)24)19-11-13-5-1-3-7-15(13)20-10-9-18-12-20/h1-10,12H,11H2,(H,19,22). The Morgan fingerprint density at radius 1 is 1.17 bits per heavy atom. The van der Waals surface area contributed by atoms with Crippen molar-refractivity contribution >= 4 is 11.6 Å². The van der Waals surface area contributed by atoms with Gasteiger partial charge in [-0.15, -0.1) is 0 Å². The summed E-state index contributed by atoms with van der Waals surface area (Å²) in [7, 11) is 0. The monoisotopic (exact) mass is 322 g/mol. The van der Waals surface area contributed by atoms with Crippen LogP contribution in [-0.2, 0) is 6.54 Å². The van der Waals surface area contributed by atoms with Crippen molar-refractivity contribution in [1.82, 2.24) is 14.9 Å². The summed E-state index contributed by atoms with van der Waals surface area (Å²) in [4.78, 5) is 26.8. The minimum atomic E-state index is -0.561. The smallest absolute Gasteiger partial charge is 0.282 e. The fraction of sp³-hybridized carbons (Fsp3) is 0.0588. The summed E-state index contributed by atoms with van der Waals surface area (Å²) in [6, 6.07) is 13.4. The molecule has 1 heterocycles. The lowest BCUT2D eigenvalue weighted by molar-refractivity contribution is -0.385. The van der Waals surface area contributed by atoms with E-state index in [2.05, 4.69) is 10.3 Å². The van der Waals surface area contributed by atoms with E-state index in [0.717, 1.165) is 11.3 Å². The first kappa shape index (κ1) is 15.4. The van der Waals surface area contributed by atoms with Crippen LogP contribution in [-0.4, -0.2) is 20.4 Å². The van der Waals surface area contributed by atoms with Crippen molar-refractivity contribution in [1.29, 1.82) is 0 Å². The average molecular weight is 322 g/mol. The fourth-order valence-corrected chi connectivity index (χ4v) is 2.41. The van der Waals surface area contributed by atoms with E-state index in [1.54, 1.807) is 18.6 Å². The van der Waals surface area contributed by atoms with Gasteiger partial charge in [-0.3, -0.25) is 14.9 Å². The van der Waals surface area contributed by atoms with Gasteiger partial charge in [0.05, 0.1) is 16.9 Å². The minimum Gasteiger partial charge on any atom is -0.348 e. The van der Waals surface area contributed by atoms with Gasteiger partial charge in [-0.05, 0) is 17.7 Å². The van der Waals surface area contributed by atoms with Crippen molar-refractivity contribution in [2.75, 3.05) is 0 Å². The molecule has 0 saturated heterocycles. The van der Waals surface area contributed by atoms with Crippen molar-refractivity contribution in [3.05, 3.63) is 88.5 Å². The summed E-state index contributed by atoms with van der Waals surface area (Å²) in [5.41, 5.74) is 1.60. The molecule has 0 aliphatic carbocycles. The minimum absolute atomic E-state index is 0.0441. The van der Waals surface area contributed by atoms with Crippen LogP contribution in [0.25, 0.3) is 5.69 Å². The number of hydrogen-bond donors (Lipinski definition) is 1. The maximum absolute atomic E-state index is 12.3. The molecule has 0 unspecified atom stereocenters. The van der Waals surface area contributed by atoms with E-state index in [1.165, 1.54) is 18.2 Å². The van der Waals surface area contributed by atoms with Gasteiger partial charge in [0.15, 0.2) is 0 Å². The van der Waals surface area contributed by atoms with Gasteiger partial charge < -0.3 is 9.88 Å². The first-order valence-corrected chi connectivity index (χ1v) is 7.24. The quantitative estimate of drug-likeness (QED) is 0.577. The molecule has 7 heteroatoms. The van der Waals surface area contributed by atoms with Crippen molar-refractivity contribution in [3.63, 3.8) is 0 Å². The molecule has 1 N–H and O–H groups in total. The second kappa shape index (κ2) is 6.74. The number of nitrogens with one attached hydrogen (secondary N) is 1. The van der Waals surface area contributed by atoms with E-state index in [-0.39, 0.29) is 17.8 Å². The molecule has 2 aromatic carbocycles. The molecule has 3 rings (SSSR count). The zero-order chi connectivity index (χ0) is 16.9. The molecule has 1 amide bonds. The molecule has 0 aliphatic heterocycles. The summed E-state index contributed by atoms with van der Waals surface area (Å²) in [5, 5.41) is 13.8. The largest absolute Gasteiger partial charge is 0.348 e. The third-order valence-corrected chi connectivity index (χ3v) is 3.56. The molecule has 0 bridgehead atoms. The molecule has 0 saturated carbocycles. The third-order valence-electron chi connectivity index (χ3n) is 3.56. The lowest BCUT2D eigenvalue weighted by atomic mass is 10.1. The number of nitrogens with zero attached hydrogens (tertiary/aromatic N) is 3. The fourth-order valence-electron chi connectivity index (χ4n) is 2.41. The predicted octanol–water partition coefficient (Wildman–Crippen LogP) is 2.71. The zero-order valence-corrected chi connectivity index (χ0v) is 12.6. The summed E-state index contributed by atoms with van der Waals surface area (Å²) in [6.07, 6.45) is 5.15. The highest BCUT2D eigenvalue weighted by atomic mass is 16.6. The van der Waals surface area contributed by atoms with Crippen LogP contribution in [0.5, 0.6) is 0 Å². The van der Waals surface area contributed by atoms with Gasteiger partial charge in [0.1, 0.15) is 5.56 Å². The van der Waals surface area contributed by atoms with Crippen molar-refractivity contribution in [2.45, 2.75) is 6.54 Å². The highest BCUT2D eigenvalue weighted by molar-refractivity contribution is 5.98. The Kier molecular flexibility index (Phi) is 4.33. The molecule has 7 nitrogen and oxygen atoms in total. The maximum atomic E-state index is 12.3. The van der Waals surface area contributed by atoms with Crippen molar-refractivity contribution < 1.29 is 9.72 Å². The van der Waals surface area contributed by atoms with Gasteiger partial charge in [0.25, 0.3) is 11.6 Å². The molecule has 0 fully saturated rings. The lowest BCUT2D eigenvalue weighted by Crippen LogP contribution is -2.24. The SMILES string of the molecule is O=C(NCc1ccccc1-n1ccnc1)c1ccccc1[N+](=O)[O-]. The van der Waals surface area contributed by atoms with E-state index in [4.69, 9.17) is 0 Å². The van der Waals surface area contributed by atoms with Crippen molar-refractivity contribution in [2.24, 2.45) is 0 Å². The Balaban J connectivity index is 1.80. The number of para-hydroxylation sites is 2. The van der Waals surface area contributed by atoms with Crippen LogP contribution in [0.2, 0.25) is 0 Å². The topological polar surface area (TPSA) is 90.1 Å². The van der Waals surface area contributed by atoms with Gasteiger partial charge in [-0.25, -0.2) is 4.98 Å². The Hall–Kier alpha value is -3.48. The van der Waals surface area contributed by atoms with Crippen LogP contribution in [0.3, 0.4) is 0 Å². The van der Waals surface area contributed by atoms with Crippen LogP contribution in [0.1, 0.15) is 15.9 Å². The van der Waals surface area contributed by atoms with Gasteiger partial charge in [0, 0.05) is 25.0 Å². The number of hydrogen-bond acceptors (Lipinski definition) is 4. The van der Waals surface area contributed by atoms with Gasteiger partial charge in [-0.2, -0.15) is 0 Å². The van der Waals surface area contributed by atoms with Gasteiger partial charge >= 0.3 is 0 Å². The number of carbonyl (C=O) groups is 1. The molecule has 3 aromatic rings. The normalized spacial score (nSPS) is 10.3. The Morgan fingerprint density at radius 2 is 1.92 bits per heavy atom. The summed E-state index contributed by atoms with van der Waals surface area (Å²) >= 11 is 0. The molecular formula is C17H14N4O3. The van der Waals surface area contributed by atoms with Crippen LogP contribution in [0, 0.1) is 10.1 Å². The number of nitro benzene ring substituents is 1. The van der Waals surface area contributed by atoms with E-state index in [1.807, 2.05) is 35.0 Å². The molecule has 0 aliphatic rings. The molecule has 0 radical (unpaired) electrons. The highest BCUT2D eigenvalue weighted by Gasteiger charge is 2.19. The number of aromatic nitrogens is 2. The number of imidazole rings is 1. The van der Waals surface area contributed by atoms with Gasteiger partial charge in [-0.1, -0.05) is 30.3 Å². The average Bonchev–Trinajstić information content (AvgIpc) is 3.14. The summed E-state index contributed by atoms with van der Waals surface area (Å²) < 4.78 is 1.84. The number of rotatable bonds is 5. The van der Waals surface area contributed by atoms with Crippen LogP contribution < -0.4 is 5.32 Å². The zero-order valence-electron chi connectivity index (χ0n) is 12.6. The van der Waals surface area contributed by atoms with E-state index in [0.29, 0.717) is 0 Å². The second-order valence-corrected chi connectivity index (χ2v) is 5.06. The molecule has 24 heavy (non-hydrogen) atoms. The van der Waals surface area contributed by atoms with Crippen LogP contribution in [0.15, 0.2) is 67.3 Å². The Bertz CT molecular complexity index is 875. The number of carbonyl (C=O) groups excluding carboxylic acids is 1. The maximum Gasteiger partial charge on any atom is 0.282 e. The van der Waals surface area contributed by atoms with Crippen LogP contribution >= 0.6 is 0 Å². The van der Waals surface area contributed by atoms with E-state index >= 15 is 0 Å². The summed E-state index contributed by atoms with van der Waals surface area (Å²) in [5.74, 6) is -0.484. The predicted molar refractivity (Wildman–Crippen MR) is 87.8 cm³/mol. The second-order valence-electron chi connectivity index (χ2n) is 5.06. The highest BCUT2D eigenvalue weighted by Crippen LogP contribution is 2.18. The lowest BCUT2D eigenvalue weighted by Gasteiger charge is -2.11. The first-order chi connectivity index (χ1) is 11.7. The molecule has 120 valence electrons. The third kappa shape index (κ3) is 3.14. The molecule has 0 atom stereocenters. The van der Waals surface area contributed by atoms with E-state index in [9.17, 15) is 14.9 Å². The van der Waals surface area contributed by atoms with Crippen molar-refractivity contribution in [3.8, 4) is 5.69 Å². The Labute approximate surface area is 137 Å². The molecule has 1 aromatic heterocycles.